The summed E-state index contributed by atoms with van der Waals surface area (Å²) in [5.41, 5.74) is 2.69. The molecule has 0 amide bonds. The number of allylic oxidation sites excluding steroid dienone is 1. The molecule has 0 spiro atoms. The SMILES string of the molecule is O=C(/C=C(/O)c1cn(Cc2ccccc2)c2ccc(Cl)cc12)c1cn[nH]n1. The third-order valence-corrected chi connectivity index (χ3v) is 4.49. The second-order valence-corrected chi connectivity index (χ2v) is 6.50. The summed E-state index contributed by atoms with van der Waals surface area (Å²) < 4.78 is 2.01. The van der Waals surface area contributed by atoms with Gasteiger partial charge in [-0.2, -0.15) is 15.4 Å². The number of hydrogen-bond donors (Lipinski definition) is 2. The Hall–Kier alpha value is -3.38. The molecule has 0 fully saturated rings. The van der Waals surface area contributed by atoms with Crippen LogP contribution in [0.4, 0.5) is 0 Å². The Balaban J connectivity index is 1.78. The number of H-pyrrole nitrogens is 1. The number of nitrogens with zero attached hydrogens (tertiary/aromatic N) is 3. The lowest BCUT2D eigenvalue weighted by Crippen LogP contribution is -1.98. The summed E-state index contributed by atoms with van der Waals surface area (Å²) in [6.07, 6.45) is 4.26. The molecule has 6 nitrogen and oxygen atoms in total. The molecule has 0 aliphatic rings. The van der Waals surface area contributed by atoms with E-state index in [-0.39, 0.29) is 11.5 Å². The Kier molecular flexibility index (Phi) is 4.48. The summed E-state index contributed by atoms with van der Waals surface area (Å²) in [5, 5.41) is 21.6. The van der Waals surface area contributed by atoms with Gasteiger partial charge in [-0.1, -0.05) is 41.9 Å². The molecule has 0 saturated carbocycles. The Bertz CT molecular complexity index is 1130. The summed E-state index contributed by atoms with van der Waals surface area (Å²) in [6.45, 7) is 0.628. The molecule has 0 radical (unpaired) electrons. The lowest BCUT2D eigenvalue weighted by atomic mass is 10.1. The maximum Gasteiger partial charge on any atom is 0.211 e. The Morgan fingerprint density at radius 3 is 2.78 bits per heavy atom. The van der Waals surface area contributed by atoms with E-state index in [0.717, 1.165) is 22.5 Å². The van der Waals surface area contributed by atoms with E-state index in [1.165, 1.54) is 6.20 Å². The van der Waals surface area contributed by atoms with Gasteiger partial charge in [-0.05, 0) is 23.8 Å². The van der Waals surface area contributed by atoms with Crippen LogP contribution < -0.4 is 0 Å². The minimum absolute atomic E-state index is 0.132. The molecule has 27 heavy (non-hydrogen) atoms. The maximum absolute atomic E-state index is 12.2. The number of nitrogens with one attached hydrogen (secondary N) is 1. The molecular formula is C20H15ClN4O2. The highest BCUT2D eigenvalue weighted by Crippen LogP contribution is 2.29. The van der Waals surface area contributed by atoms with Gasteiger partial charge in [0.1, 0.15) is 5.76 Å². The topological polar surface area (TPSA) is 83.8 Å². The molecule has 2 N–H and O–H groups in total. The molecule has 2 heterocycles. The van der Waals surface area contributed by atoms with E-state index in [2.05, 4.69) is 15.4 Å². The molecule has 0 aliphatic heterocycles. The van der Waals surface area contributed by atoms with E-state index in [4.69, 9.17) is 11.6 Å². The highest BCUT2D eigenvalue weighted by atomic mass is 35.5. The van der Waals surface area contributed by atoms with Gasteiger partial charge in [0.15, 0.2) is 5.69 Å². The van der Waals surface area contributed by atoms with Gasteiger partial charge in [-0.3, -0.25) is 4.79 Å². The lowest BCUT2D eigenvalue weighted by Gasteiger charge is -2.05. The van der Waals surface area contributed by atoms with Crippen molar-refractivity contribution in [1.82, 2.24) is 20.0 Å². The van der Waals surface area contributed by atoms with E-state index in [0.29, 0.717) is 17.1 Å². The average molecular weight is 379 g/mol. The fourth-order valence-corrected chi connectivity index (χ4v) is 3.15. The van der Waals surface area contributed by atoms with Gasteiger partial charge in [0, 0.05) is 40.3 Å². The van der Waals surface area contributed by atoms with Crippen LogP contribution in [-0.2, 0) is 6.54 Å². The van der Waals surface area contributed by atoms with Crippen molar-refractivity contribution in [3.63, 3.8) is 0 Å². The van der Waals surface area contributed by atoms with Gasteiger partial charge in [-0.15, -0.1) is 0 Å². The highest BCUT2D eigenvalue weighted by molar-refractivity contribution is 6.31. The molecule has 0 aliphatic carbocycles. The zero-order valence-corrected chi connectivity index (χ0v) is 14.9. The second-order valence-electron chi connectivity index (χ2n) is 6.07. The molecule has 0 bridgehead atoms. The Labute approximate surface area is 159 Å². The maximum atomic E-state index is 12.2. The van der Waals surface area contributed by atoms with E-state index in [9.17, 15) is 9.90 Å². The van der Waals surface area contributed by atoms with Crippen molar-refractivity contribution in [3.8, 4) is 0 Å². The van der Waals surface area contributed by atoms with Crippen LogP contribution in [0.15, 0.2) is 67.0 Å². The number of fused-ring (bicyclic) bond motifs is 1. The smallest absolute Gasteiger partial charge is 0.211 e. The number of rotatable bonds is 5. The van der Waals surface area contributed by atoms with Crippen LogP contribution in [0.2, 0.25) is 5.02 Å². The number of ketones is 1. The van der Waals surface area contributed by atoms with E-state index < -0.39 is 5.78 Å². The van der Waals surface area contributed by atoms with Crippen molar-refractivity contribution < 1.29 is 9.90 Å². The molecule has 2 aromatic heterocycles. The van der Waals surface area contributed by atoms with Crippen molar-refractivity contribution in [1.29, 1.82) is 0 Å². The summed E-state index contributed by atoms with van der Waals surface area (Å²) in [5.74, 6) is -0.589. The summed E-state index contributed by atoms with van der Waals surface area (Å²) in [7, 11) is 0. The van der Waals surface area contributed by atoms with Gasteiger partial charge in [0.2, 0.25) is 5.78 Å². The van der Waals surface area contributed by atoms with Crippen molar-refractivity contribution >= 4 is 34.0 Å². The molecule has 0 unspecified atom stereocenters. The molecule has 4 rings (SSSR count). The van der Waals surface area contributed by atoms with Crippen LogP contribution in [-0.4, -0.2) is 30.9 Å². The number of aliphatic hydroxyl groups excluding tert-OH is 1. The van der Waals surface area contributed by atoms with Crippen LogP contribution in [0.25, 0.3) is 16.7 Å². The Morgan fingerprint density at radius 2 is 2.04 bits per heavy atom. The molecule has 4 aromatic rings. The fourth-order valence-electron chi connectivity index (χ4n) is 2.98. The number of halogens is 1. The predicted molar refractivity (Wildman–Crippen MR) is 104 cm³/mol. The van der Waals surface area contributed by atoms with E-state index >= 15 is 0 Å². The number of aliphatic hydroxyl groups is 1. The average Bonchev–Trinajstić information content (AvgIpc) is 3.31. The number of aromatic amines is 1. The van der Waals surface area contributed by atoms with E-state index in [1.807, 2.05) is 47.2 Å². The van der Waals surface area contributed by atoms with Gasteiger partial charge < -0.3 is 9.67 Å². The van der Waals surface area contributed by atoms with Gasteiger partial charge in [0.05, 0.1) is 6.20 Å². The summed E-state index contributed by atoms with van der Waals surface area (Å²) >= 11 is 6.15. The monoisotopic (exact) mass is 378 g/mol. The number of aromatic nitrogens is 4. The first kappa shape index (κ1) is 17.1. The lowest BCUT2D eigenvalue weighted by molar-refractivity contribution is 0.104. The Morgan fingerprint density at radius 1 is 1.22 bits per heavy atom. The van der Waals surface area contributed by atoms with Crippen molar-refractivity contribution in [3.05, 3.63) is 88.8 Å². The second kappa shape index (κ2) is 7.09. The quantitative estimate of drug-likeness (QED) is 0.309. The molecular weight excluding hydrogens is 364 g/mol. The van der Waals surface area contributed by atoms with Crippen LogP contribution in [0.5, 0.6) is 0 Å². The summed E-state index contributed by atoms with van der Waals surface area (Å²) in [4.78, 5) is 12.2. The van der Waals surface area contributed by atoms with Crippen LogP contribution in [0.1, 0.15) is 21.6 Å². The zero-order chi connectivity index (χ0) is 18.8. The molecule has 7 heteroatoms. The molecule has 0 saturated heterocycles. The molecule has 2 aromatic carbocycles. The fraction of sp³-hybridized carbons (Fsp3) is 0.0500. The van der Waals surface area contributed by atoms with Gasteiger partial charge in [-0.25, -0.2) is 0 Å². The first-order valence-electron chi connectivity index (χ1n) is 8.25. The van der Waals surface area contributed by atoms with Crippen molar-refractivity contribution in [2.75, 3.05) is 0 Å². The van der Waals surface area contributed by atoms with Gasteiger partial charge in [0.25, 0.3) is 0 Å². The minimum atomic E-state index is -0.438. The predicted octanol–water partition coefficient (Wildman–Crippen LogP) is 4.24. The standard InChI is InChI=1S/C20H15ClN4O2/c21-14-6-7-18-15(8-14)16(12-25(18)11-13-4-2-1-3-5-13)19(26)9-20(27)17-10-22-24-23-17/h1-10,12,26H,11H2,(H,22,23,24)/b19-9+. The van der Waals surface area contributed by atoms with E-state index in [1.54, 1.807) is 12.1 Å². The van der Waals surface area contributed by atoms with Gasteiger partial charge >= 0.3 is 0 Å². The zero-order valence-electron chi connectivity index (χ0n) is 14.1. The normalized spacial score (nSPS) is 11.8. The number of carbonyl (C=O) groups is 1. The number of carbonyl (C=O) groups excluding carboxylic acids is 1. The highest BCUT2D eigenvalue weighted by Gasteiger charge is 2.15. The molecule has 134 valence electrons. The number of hydrogen-bond acceptors (Lipinski definition) is 4. The van der Waals surface area contributed by atoms with Crippen molar-refractivity contribution in [2.45, 2.75) is 6.54 Å². The van der Waals surface area contributed by atoms with Crippen LogP contribution in [0.3, 0.4) is 0 Å². The third-order valence-electron chi connectivity index (χ3n) is 4.25. The minimum Gasteiger partial charge on any atom is -0.507 e. The third kappa shape index (κ3) is 3.47. The first-order chi connectivity index (χ1) is 13.1. The number of benzene rings is 2. The largest absolute Gasteiger partial charge is 0.507 e. The summed E-state index contributed by atoms with van der Waals surface area (Å²) in [6, 6.07) is 15.5. The molecule has 0 atom stereocenters. The van der Waals surface area contributed by atoms with Crippen LogP contribution >= 0.6 is 11.6 Å². The van der Waals surface area contributed by atoms with Crippen molar-refractivity contribution in [2.24, 2.45) is 0 Å². The van der Waals surface area contributed by atoms with Crippen LogP contribution in [0, 0.1) is 0 Å². The first-order valence-corrected chi connectivity index (χ1v) is 8.63.